The van der Waals surface area contributed by atoms with Crippen molar-refractivity contribution in [3.8, 4) is 0 Å². The van der Waals surface area contributed by atoms with Crippen molar-refractivity contribution in [3.05, 3.63) is 39.9 Å². The summed E-state index contributed by atoms with van der Waals surface area (Å²) in [7, 11) is 1.30. The van der Waals surface area contributed by atoms with Gasteiger partial charge in [0, 0.05) is 13.6 Å². The zero-order valence-corrected chi connectivity index (χ0v) is 15.5. The van der Waals surface area contributed by atoms with E-state index in [2.05, 4.69) is 10.00 Å². The molecule has 0 amide bonds. The Kier molecular flexibility index (Phi) is 4.36. The quantitative estimate of drug-likeness (QED) is 0.613. The number of hydrogen-bond donors (Lipinski definition) is 0. The van der Waals surface area contributed by atoms with Crippen LogP contribution in [0.25, 0.3) is 10.2 Å². The minimum atomic E-state index is -4.52. The Morgan fingerprint density at radius 2 is 2.08 bits per heavy atom. The van der Waals surface area contributed by atoms with E-state index in [-0.39, 0.29) is 17.5 Å². The molecule has 0 N–H and O–H groups in total. The number of para-hydroxylation sites is 1. The first-order chi connectivity index (χ1) is 12.3. The summed E-state index contributed by atoms with van der Waals surface area (Å²) in [5, 5.41) is 4.69. The van der Waals surface area contributed by atoms with Crippen molar-refractivity contribution in [3.63, 3.8) is 0 Å². The molecule has 0 saturated carbocycles. The van der Waals surface area contributed by atoms with Gasteiger partial charge in [0.2, 0.25) is 5.82 Å². The lowest BCUT2D eigenvalue weighted by Crippen LogP contribution is -2.27. The van der Waals surface area contributed by atoms with Crippen LogP contribution < -0.4 is 0 Å². The van der Waals surface area contributed by atoms with Gasteiger partial charge in [-0.25, -0.2) is 9.67 Å². The van der Waals surface area contributed by atoms with E-state index < -0.39 is 12.0 Å². The van der Waals surface area contributed by atoms with Gasteiger partial charge in [-0.2, -0.15) is 13.2 Å². The predicted molar refractivity (Wildman–Crippen MR) is 95.3 cm³/mol. The molecular weight excluding hydrogens is 383 g/mol. The topological polar surface area (TPSA) is 38.9 Å². The maximum atomic E-state index is 13.1. The molecule has 0 aliphatic carbocycles. The van der Waals surface area contributed by atoms with Crippen LogP contribution in [0.2, 0.25) is 0 Å². The molecular formula is C16H16F3N5S2. The van der Waals surface area contributed by atoms with Crippen LogP contribution in [0.3, 0.4) is 0 Å². The molecule has 1 saturated heterocycles. The van der Waals surface area contributed by atoms with Crippen LogP contribution in [0.15, 0.2) is 24.3 Å². The third-order valence-electron chi connectivity index (χ3n) is 4.57. The van der Waals surface area contributed by atoms with Gasteiger partial charge in [-0.05, 0) is 37.2 Å². The lowest BCUT2D eigenvalue weighted by atomic mass is 10.2. The number of likely N-dealkylation sites (tertiary alicyclic amines) is 1. The van der Waals surface area contributed by atoms with Gasteiger partial charge in [0.25, 0.3) is 0 Å². The van der Waals surface area contributed by atoms with Crippen molar-refractivity contribution in [1.82, 2.24) is 24.2 Å². The highest BCUT2D eigenvalue weighted by atomic mass is 32.1. The highest BCUT2D eigenvalue weighted by Crippen LogP contribution is 2.37. The van der Waals surface area contributed by atoms with Gasteiger partial charge in [0.1, 0.15) is 5.01 Å². The molecule has 0 bridgehead atoms. The number of thiazole rings is 1. The molecule has 0 unspecified atom stereocenters. The summed E-state index contributed by atoms with van der Waals surface area (Å²) in [4.78, 5) is 6.80. The number of rotatable bonds is 3. The number of benzene rings is 1. The van der Waals surface area contributed by atoms with Crippen LogP contribution in [-0.4, -0.2) is 30.8 Å². The van der Waals surface area contributed by atoms with Crippen molar-refractivity contribution in [2.75, 3.05) is 6.54 Å². The minimum Gasteiger partial charge on any atom is -0.299 e. The number of hydrogen-bond acceptors (Lipinski definition) is 5. The van der Waals surface area contributed by atoms with Crippen LogP contribution in [0.1, 0.15) is 29.7 Å². The third-order valence-corrected chi connectivity index (χ3v) is 6.19. The molecule has 4 rings (SSSR count). The van der Waals surface area contributed by atoms with Crippen molar-refractivity contribution < 1.29 is 13.2 Å². The van der Waals surface area contributed by atoms with Crippen molar-refractivity contribution >= 4 is 33.8 Å². The van der Waals surface area contributed by atoms with Gasteiger partial charge < -0.3 is 0 Å². The number of alkyl halides is 3. The van der Waals surface area contributed by atoms with E-state index in [4.69, 9.17) is 17.2 Å². The molecule has 1 aliphatic rings. The summed E-state index contributed by atoms with van der Waals surface area (Å²) in [6.07, 6.45) is -2.63. The normalized spacial score (nSPS) is 18.8. The van der Waals surface area contributed by atoms with E-state index in [1.54, 1.807) is 11.3 Å². The second-order valence-electron chi connectivity index (χ2n) is 6.29. The molecule has 10 heteroatoms. The van der Waals surface area contributed by atoms with Gasteiger partial charge in [-0.3, -0.25) is 9.47 Å². The average Bonchev–Trinajstić information content (AvgIpc) is 3.27. The molecule has 0 spiro atoms. The first-order valence-corrected chi connectivity index (χ1v) is 9.37. The fraction of sp³-hybridized carbons (Fsp3) is 0.438. The number of halogens is 3. The van der Waals surface area contributed by atoms with Crippen molar-refractivity contribution in [2.24, 2.45) is 7.05 Å². The lowest BCUT2D eigenvalue weighted by molar-refractivity contribution is -0.147. The zero-order valence-electron chi connectivity index (χ0n) is 13.9. The summed E-state index contributed by atoms with van der Waals surface area (Å²) < 4.78 is 42.5. The van der Waals surface area contributed by atoms with Crippen LogP contribution in [0, 0.1) is 4.77 Å². The van der Waals surface area contributed by atoms with Gasteiger partial charge in [0.05, 0.1) is 22.9 Å². The second kappa shape index (κ2) is 6.43. The molecule has 138 valence electrons. The Labute approximate surface area is 156 Å². The summed E-state index contributed by atoms with van der Waals surface area (Å²) in [6, 6.07) is 8.00. The molecule has 1 aromatic carbocycles. The summed E-state index contributed by atoms with van der Waals surface area (Å²) in [5.74, 6) is -0.974. The van der Waals surface area contributed by atoms with E-state index in [1.807, 2.05) is 24.3 Å². The highest BCUT2D eigenvalue weighted by Gasteiger charge is 2.38. The van der Waals surface area contributed by atoms with E-state index >= 15 is 0 Å². The van der Waals surface area contributed by atoms with Crippen LogP contribution in [0.4, 0.5) is 13.2 Å². The van der Waals surface area contributed by atoms with Crippen LogP contribution >= 0.6 is 23.6 Å². The maximum Gasteiger partial charge on any atom is 0.451 e. The van der Waals surface area contributed by atoms with E-state index in [9.17, 15) is 13.2 Å². The van der Waals surface area contributed by atoms with Crippen molar-refractivity contribution in [2.45, 2.75) is 31.7 Å². The molecule has 26 heavy (non-hydrogen) atoms. The summed E-state index contributed by atoms with van der Waals surface area (Å²) >= 11 is 6.78. The summed E-state index contributed by atoms with van der Waals surface area (Å²) in [6.45, 7) is 1.00. The monoisotopic (exact) mass is 399 g/mol. The van der Waals surface area contributed by atoms with Gasteiger partial charge in [-0.15, -0.1) is 16.4 Å². The lowest BCUT2D eigenvalue weighted by Gasteiger charge is -2.22. The number of aromatic nitrogens is 4. The molecule has 5 nitrogen and oxygen atoms in total. The van der Waals surface area contributed by atoms with Gasteiger partial charge in [-0.1, -0.05) is 12.1 Å². The molecule has 3 heterocycles. The molecule has 3 aromatic rings. The summed E-state index contributed by atoms with van der Waals surface area (Å²) in [5.41, 5.74) is 0.952. The number of nitrogens with zero attached hydrogens (tertiary/aromatic N) is 5. The highest BCUT2D eigenvalue weighted by molar-refractivity contribution is 7.71. The van der Waals surface area contributed by atoms with E-state index in [0.29, 0.717) is 0 Å². The van der Waals surface area contributed by atoms with E-state index in [0.717, 1.165) is 39.2 Å². The van der Waals surface area contributed by atoms with Crippen LogP contribution in [0.5, 0.6) is 0 Å². The van der Waals surface area contributed by atoms with Gasteiger partial charge in [0.15, 0.2) is 4.77 Å². The Morgan fingerprint density at radius 1 is 1.31 bits per heavy atom. The molecule has 2 aromatic heterocycles. The Balaban J connectivity index is 1.63. The third kappa shape index (κ3) is 3.06. The Hall–Kier alpha value is -1.78. The smallest absolute Gasteiger partial charge is 0.299 e. The predicted octanol–water partition coefficient (Wildman–Crippen LogP) is 4.37. The SMILES string of the molecule is Cn1c(C(F)(F)F)nn(CN2CCC[C@@H]2c2nc3ccccc3s2)c1=S. The zero-order chi connectivity index (χ0) is 18.5. The standard InChI is InChI=1S/C16H16F3N5S2/c1-22-14(16(17,18)19)21-24(15(22)25)9-23-8-4-6-11(23)13-20-10-5-2-3-7-12(10)26-13/h2-3,5,7,11H,4,6,8-9H2,1H3/t11-/m1/s1. The fourth-order valence-corrected chi connectivity index (χ4v) is 4.63. The first-order valence-electron chi connectivity index (χ1n) is 8.15. The minimum absolute atomic E-state index is 0.0623. The first kappa shape index (κ1) is 17.6. The number of fused-ring (bicyclic) bond motifs is 1. The second-order valence-corrected chi connectivity index (χ2v) is 7.72. The maximum absolute atomic E-state index is 13.1. The molecule has 0 radical (unpaired) electrons. The average molecular weight is 399 g/mol. The molecule has 1 atom stereocenters. The largest absolute Gasteiger partial charge is 0.451 e. The fourth-order valence-electron chi connectivity index (χ4n) is 3.31. The van der Waals surface area contributed by atoms with E-state index in [1.165, 1.54) is 11.7 Å². The Bertz CT molecular complexity index is 970. The van der Waals surface area contributed by atoms with Crippen LogP contribution in [-0.2, 0) is 19.9 Å². The van der Waals surface area contributed by atoms with Crippen molar-refractivity contribution in [1.29, 1.82) is 0 Å². The Morgan fingerprint density at radius 3 is 2.77 bits per heavy atom. The van der Waals surface area contributed by atoms with Gasteiger partial charge >= 0.3 is 6.18 Å². The molecule has 1 fully saturated rings. The molecule has 1 aliphatic heterocycles.